The van der Waals surface area contributed by atoms with Gasteiger partial charge >= 0.3 is 0 Å². The molecule has 1 aromatic rings. The summed E-state index contributed by atoms with van der Waals surface area (Å²) >= 11 is 6.20. The molecule has 1 atom stereocenters. The standard InChI is InChI=1S/C15H21ClN2O2/c1-12(19)15(2,20)11-17-7-9-18(10-8-17)14-6-4-3-5-13(14)16/h3-6,20H,7-11H2,1-2H3/t15-/m1/s1. The molecule has 1 heterocycles. The molecular formula is C15H21ClN2O2. The molecule has 0 radical (unpaired) electrons. The highest BCUT2D eigenvalue weighted by molar-refractivity contribution is 6.33. The highest BCUT2D eigenvalue weighted by Gasteiger charge is 2.30. The van der Waals surface area contributed by atoms with Crippen molar-refractivity contribution in [2.24, 2.45) is 0 Å². The molecule has 0 saturated carbocycles. The summed E-state index contributed by atoms with van der Waals surface area (Å²) in [5.41, 5.74) is -0.209. The summed E-state index contributed by atoms with van der Waals surface area (Å²) in [4.78, 5) is 15.7. The minimum absolute atomic E-state index is 0.189. The van der Waals surface area contributed by atoms with Crippen LogP contribution in [0.3, 0.4) is 0 Å². The molecule has 1 fully saturated rings. The van der Waals surface area contributed by atoms with Crippen LogP contribution in [0.4, 0.5) is 5.69 Å². The third-order valence-corrected chi connectivity index (χ3v) is 4.17. The topological polar surface area (TPSA) is 43.8 Å². The number of hydrogen-bond donors (Lipinski definition) is 1. The second-order valence-electron chi connectivity index (χ2n) is 5.54. The number of piperazine rings is 1. The maximum atomic E-state index is 11.4. The molecule has 1 aliphatic heterocycles. The Morgan fingerprint density at radius 1 is 1.30 bits per heavy atom. The van der Waals surface area contributed by atoms with Crippen LogP contribution in [0.5, 0.6) is 0 Å². The molecule has 1 N–H and O–H groups in total. The molecule has 2 rings (SSSR count). The molecule has 0 amide bonds. The number of aliphatic hydroxyl groups is 1. The van der Waals surface area contributed by atoms with Crippen molar-refractivity contribution < 1.29 is 9.90 Å². The van der Waals surface area contributed by atoms with Gasteiger partial charge < -0.3 is 10.0 Å². The Balaban J connectivity index is 1.93. The summed E-state index contributed by atoms with van der Waals surface area (Å²) in [5, 5.41) is 10.8. The van der Waals surface area contributed by atoms with Crippen LogP contribution in [0.15, 0.2) is 24.3 Å². The fourth-order valence-corrected chi connectivity index (χ4v) is 2.66. The number of halogens is 1. The fourth-order valence-electron chi connectivity index (χ4n) is 2.40. The third-order valence-electron chi connectivity index (χ3n) is 3.86. The number of ketones is 1. The number of β-amino-alcohol motifs (C(OH)–C–C–N with tert-alkyl or cyclic N) is 1. The average Bonchev–Trinajstić information content (AvgIpc) is 2.40. The van der Waals surface area contributed by atoms with Gasteiger partial charge in [-0.1, -0.05) is 23.7 Å². The Morgan fingerprint density at radius 3 is 2.45 bits per heavy atom. The van der Waals surface area contributed by atoms with Crippen molar-refractivity contribution in [2.45, 2.75) is 19.4 Å². The molecule has 0 spiro atoms. The SMILES string of the molecule is CC(=O)[C@](C)(O)CN1CCN(c2ccccc2Cl)CC1. The van der Waals surface area contributed by atoms with E-state index >= 15 is 0 Å². The summed E-state index contributed by atoms with van der Waals surface area (Å²) in [7, 11) is 0. The van der Waals surface area contributed by atoms with Gasteiger partial charge in [0, 0.05) is 32.7 Å². The van der Waals surface area contributed by atoms with Crippen LogP contribution in [-0.2, 0) is 4.79 Å². The first-order valence-electron chi connectivity index (χ1n) is 6.85. The molecule has 0 unspecified atom stereocenters. The summed E-state index contributed by atoms with van der Waals surface area (Å²) in [6, 6.07) is 7.81. The summed E-state index contributed by atoms with van der Waals surface area (Å²) in [6.45, 7) is 6.72. The summed E-state index contributed by atoms with van der Waals surface area (Å²) < 4.78 is 0. The Bertz CT molecular complexity index is 483. The summed E-state index contributed by atoms with van der Waals surface area (Å²) in [5.74, 6) is -0.189. The lowest BCUT2D eigenvalue weighted by Crippen LogP contribution is -2.53. The van der Waals surface area contributed by atoms with Crippen molar-refractivity contribution in [2.75, 3.05) is 37.6 Å². The first-order valence-corrected chi connectivity index (χ1v) is 7.23. The maximum Gasteiger partial charge on any atom is 0.162 e. The van der Waals surface area contributed by atoms with E-state index in [0.29, 0.717) is 6.54 Å². The van der Waals surface area contributed by atoms with E-state index < -0.39 is 5.60 Å². The highest BCUT2D eigenvalue weighted by Crippen LogP contribution is 2.26. The Kier molecular flexibility index (Phi) is 4.68. The molecule has 1 aromatic carbocycles. The van der Waals surface area contributed by atoms with E-state index in [1.54, 1.807) is 6.92 Å². The second-order valence-corrected chi connectivity index (χ2v) is 5.95. The number of rotatable bonds is 4. The van der Waals surface area contributed by atoms with Gasteiger partial charge in [0.2, 0.25) is 0 Å². The lowest BCUT2D eigenvalue weighted by Gasteiger charge is -2.38. The van der Waals surface area contributed by atoms with Gasteiger partial charge in [0.25, 0.3) is 0 Å². The first kappa shape index (κ1) is 15.3. The van der Waals surface area contributed by atoms with Crippen molar-refractivity contribution in [3.8, 4) is 0 Å². The minimum Gasteiger partial charge on any atom is -0.381 e. The molecule has 1 saturated heterocycles. The maximum absolute atomic E-state index is 11.4. The fraction of sp³-hybridized carbons (Fsp3) is 0.533. The van der Waals surface area contributed by atoms with Crippen LogP contribution >= 0.6 is 11.6 Å². The molecule has 0 aliphatic carbocycles. The van der Waals surface area contributed by atoms with Gasteiger partial charge in [0.05, 0.1) is 10.7 Å². The molecule has 20 heavy (non-hydrogen) atoms. The van der Waals surface area contributed by atoms with Gasteiger partial charge in [-0.3, -0.25) is 9.69 Å². The Morgan fingerprint density at radius 2 is 1.90 bits per heavy atom. The van der Waals surface area contributed by atoms with E-state index in [1.807, 2.05) is 24.3 Å². The van der Waals surface area contributed by atoms with Crippen LogP contribution in [0.1, 0.15) is 13.8 Å². The number of benzene rings is 1. The molecular weight excluding hydrogens is 276 g/mol. The van der Waals surface area contributed by atoms with E-state index in [-0.39, 0.29) is 5.78 Å². The van der Waals surface area contributed by atoms with E-state index in [9.17, 15) is 9.90 Å². The predicted molar refractivity (Wildman–Crippen MR) is 81.4 cm³/mol. The number of carbonyl (C=O) groups excluding carboxylic acids is 1. The van der Waals surface area contributed by atoms with Gasteiger partial charge in [0.15, 0.2) is 5.78 Å². The molecule has 0 bridgehead atoms. The molecule has 4 nitrogen and oxygen atoms in total. The number of Topliss-reactive ketones (excluding diaryl/α,β-unsaturated/α-hetero) is 1. The predicted octanol–water partition coefficient (Wildman–Crippen LogP) is 1.80. The van der Waals surface area contributed by atoms with Crippen molar-refractivity contribution in [1.29, 1.82) is 0 Å². The van der Waals surface area contributed by atoms with Gasteiger partial charge in [-0.05, 0) is 26.0 Å². The van der Waals surface area contributed by atoms with Crippen molar-refractivity contribution >= 4 is 23.1 Å². The average molecular weight is 297 g/mol. The molecule has 5 heteroatoms. The van der Waals surface area contributed by atoms with Crippen LogP contribution in [0.25, 0.3) is 0 Å². The largest absolute Gasteiger partial charge is 0.381 e. The van der Waals surface area contributed by atoms with E-state index in [1.165, 1.54) is 6.92 Å². The molecule has 1 aliphatic rings. The Hall–Kier alpha value is -1.10. The zero-order chi connectivity index (χ0) is 14.8. The minimum atomic E-state index is -1.26. The van der Waals surface area contributed by atoms with Gasteiger partial charge in [-0.25, -0.2) is 0 Å². The number of nitrogens with zero attached hydrogens (tertiary/aromatic N) is 2. The zero-order valence-electron chi connectivity index (χ0n) is 12.0. The lowest BCUT2D eigenvalue weighted by molar-refractivity contribution is -0.135. The smallest absolute Gasteiger partial charge is 0.162 e. The van der Waals surface area contributed by atoms with Crippen LogP contribution in [-0.4, -0.2) is 54.1 Å². The van der Waals surface area contributed by atoms with Crippen LogP contribution in [0.2, 0.25) is 5.02 Å². The second kappa shape index (κ2) is 6.12. The van der Waals surface area contributed by atoms with E-state index in [0.717, 1.165) is 36.9 Å². The molecule has 0 aromatic heterocycles. The third kappa shape index (κ3) is 3.51. The highest BCUT2D eigenvalue weighted by atomic mass is 35.5. The zero-order valence-corrected chi connectivity index (χ0v) is 12.7. The first-order chi connectivity index (χ1) is 9.40. The number of para-hydroxylation sites is 1. The normalized spacial score (nSPS) is 19.7. The van der Waals surface area contributed by atoms with E-state index in [4.69, 9.17) is 11.6 Å². The van der Waals surface area contributed by atoms with Crippen molar-refractivity contribution in [1.82, 2.24) is 4.90 Å². The monoisotopic (exact) mass is 296 g/mol. The van der Waals surface area contributed by atoms with Crippen molar-refractivity contribution in [3.63, 3.8) is 0 Å². The summed E-state index contributed by atoms with van der Waals surface area (Å²) in [6.07, 6.45) is 0. The van der Waals surface area contributed by atoms with E-state index in [2.05, 4.69) is 9.80 Å². The Labute approximate surface area is 124 Å². The molecule has 110 valence electrons. The quantitative estimate of drug-likeness (QED) is 0.920. The van der Waals surface area contributed by atoms with Gasteiger partial charge in [-0.2, -0.15) is 0 Å². The number of anilines is 1. The van der Waals surface area contributed by atoms with Crippen LogP contribution < -0.4 is 4.90 Å². The lowest BCUT2D eigenvalue weighted by atomic mass is 10.0. The van der Waals surface area contributed by atoms with Gasteiger partial charge in [0.1, 0.15) is 5.60 Å². The number of hydrogen-bond acceptors (Lipinski definition) is 4. The number of carbonyl (C=O) groups is 1. The van der Waals surface area contributed by atoms with Gasteiger partial charge in [-0.15, -0.1) is 0 Å². The van der Waals surface area contributed by atoms with Crippen molar-refractivity contribution in [3.05, 3.63) is 29.3 Å². The van der Waals surface area contributed by atoms with Crippen LogP contribution in [0, 0.1) is 0 Å².